The SMILES string of the molecule is O=C([O-])[O-].[Ca+2].[Ti]. The van der Waals surface area contributed by atoms with Crippen LogP contribution in [0.5, 0.6) is 0 Å². The van der Waals surface area contributed by atoms with Crippen molar-refractivity contribution in [2.75, 3.05) is 0 Å². The Morgan fingerprint density at radius 1 is 1.33 bits per heavy atom. The van der Waals surface area contributed by atoms with Crippen molar-refractivity contribution < 1.29 is 36.7 Å². The van der Waals surface area contributed by atoms with Crippen LogP contribution in [0.1, 0.15) is 0 Å². The Kier molecular flexibility index (Phi) is 24.9. The van der Waals surface area contributed by atoms with Gasteiger partial charge < -0.3 is 15.0 Å². The van der Waals surface area contributed by atoms with Crippen LogP contribution in [-0.2, 0) is 21.7 Å². The molecule has 0 aliphatic rings. The van der Waals surface area contributed by atoms with Crippen LogP contribution in [0.25, 0.3) is 0 Å². The van der Waals surface area contributed by atoms with Crippen LogP contribution < -0.4 is 10.2 Å². The molecule has 3 nitrogen and oxygen atoms in total. The third-order valence-corrected chi connectivity index (χ3v) is 0. The third-order valence-electron chi connectivity index (χ3n) is 0. The maximum atomic E-state index is 8.33. The summed E-state index contributed by atoms with van der Waals surface area (Å²) in [7, 11) is 0. The Balaban J connectivity index is -0.0000000450. The Labute approximate surface area is 79.6 Å². The van der Waals surface area contributed by atoms with Gasteiger partial charge in [0, 0.05) is 21.7 Å². The van der Waals surface area contributed by atoms with Gasteiger partial charge >= 0.3 is 37.7 Å². The van der Waals surface area contributed by atoms with E-state index in [1.807, 2.05) is 0 Å². The molecule has 6 heavy (non-hydrogen) atoms. The van der Waals surface area contributed by atoms with Gasteiger partial charge in [-0.15, -0.1) is 0 Å². The standard InChI is InChI=1S/CH2O3.Ca.Ti/c2-1(3)4;;/h(H2,2,3,4);;/q;+2;/p-2. The number of rotatable bonds is 0. The van der Waals surface area contributed by atoms with Crippen LogP contribution in [-0.4, -0.2) is 43.9 Å². The number of carbonyl (C=O) groups is 1. The van der Waals surface area contributed by atoms with Gasteiger partial charge in [0.15, 0.2) is 0 Å². The van der Waals surface area contributed by atoms with Crippen LogP contribution in [0.15, 0.2) is 0 Å². The van der Waals surface area contributed by atoms with Crippen molar-refractivity contribution in [1.29, 1.82) is 0 Å². The van der Waals surface area contributed by atoms with Gasteiger partial charge in [-0.3, -0.25) is 0 Å². The normalized spacial score (nSPS) is 4.00. The molecule has 0 bridgehead atoms. The predicted molar refractivity (Wildman–Crippen MR) is 11.1 cm³/mol. The van der Waals surface area contributed by atoms with E-state index in [0.29, 0.717) is 0 Å². The Morgan fingerprint density at radius 2 is 1.33 bits per heavy atom. The molecule has 0 saturated carbocycles. The van der Waals surface area contributed by atoms with E-state index in [2.05, 4.69) is 0 Å². The maximum Gasteiger partial charge on any atom is 2.00 e. The summed E-state index contributed by atoms with van der Waals surface area (Å²) in [5, 5.41) is 16.7. The second-order valence-electron chi connectivity index (χ2n) is 0.250. The largest absolute Gasteiger partial charge is 2.00 e. The monoisotopic (exact) mass is 148 g/mol. The van der Waals surface area contributed by atoms with Gasteiger partial charge in [-0.1, -0.05) is 0 Å². The molecule has 0 rings (SSSR count). The number of carbonyl (C=O) groups excluding carboxylic acids is 1. The second-order valence-corrected chi connectivity index (χ2v) is 0.250. The minimum Gasteiger partial charge on any atom is -0.652 e. The van der Waals surface area contributed by atoms with E-state index in [1.54, 1.807) is 0 Å². The molecule has 0 radical (unpaired) electrons. The molecule has 0 amide bonds. The molecule has 0 spiro atoms. The molecule has 0 unspecified atom stereocenters. The molecule has 0 fully saturated rings. The molecule has 0 aromatic heterocycles. The van der Waals surface area contributed by atoms with Crippen molar-refractivity contribution in [2.24, 2.45) is 0 Å². The quantitative estimate of drug-likeness (QED) is 0.348. The van der Waals surface area contributed by atoms with Crippen molar-refractivity contribution in [3.63, 3.8) is 0 Å². The molecule has 0 saturated heterocycles. The molecule has 5 heteroatoms. The number of hydrogen-bond donors (Lipinski definition) is 0. The van der Waals surface area contributed by atoms with Gasteiger partial charge in [-0.2, -0.15) is 0 Å². The van der Waals surface area contributed by atoms with Gasteiger partial charge in [0.1, 0.15) is 0 Å². The van der Waals surface area contributed by atoms with E-state index >= 15 is 0 Å². The van der Waals surface area contributed by atoms with Crippen molar-refractivity contribution >= 4 is 43.9 Å². The molecular formula is CCaO3Ti. The number of hydrogen-bond acceptors (Lipinski definition) is 3. The average molecular weight is 148 g/mol. The zero-order chi connectivity index (χ0) is 3.58. The summed E-state index contributed by atoms with van der Waals surface area (Å²) in [4.78, 5) is 8.33. The first-order valence-electron chi connectivity index (χ1n) is 0.612. The van der Waals surface area contributed by atoms with Crippen LogP contribution in [0, 0.1) is 0 Å². The Hall–Kier alpha value is 1.24. The van der Waals surface area contributed by atoms with Crippen LogP contribution in [0.4, 0.5) is 4.79 Å². The molecular weight excluding hydrogens is 148 g/mol. The molecule has 0 N–H and O–H groups in total. The Bertz CT molecular complexity index is 33.8. The zero-order valence-corrected chi connectivity index (χ0v) is 6.70. The Morgan fingerprint density at radius 3 is 1.33 bits per heavy atom. The van der Waals surface area contributed by atoms with Crippen LogP contribution >= 0.6 is 0 Å². The fourth-order valence-corrected chi connectivity index (χ4v) is 0. The second kappa shape index (κ2) is 9.53. The smallest absolute Gasteiger partial charge is 0.652 e. The van der Waals surface area contributed by atoms with Crippen LogP contribution in [0.2, 0.25) is 0 Å². The minimum atomic E-state index is -2.33. The summed E-state index contributed by atoms with van der Waals surface area (Å²) in [6, 6.07) is 0. The summed E-state index contributed by atoms with van der Waals surface area (Å²) in [5.41, 5.74) is 0. The van der Waals surface area contributed by atoms with Crippen molar-refractivity contribution in [3.8, 4) is 0 Å². The van der Waals surface area contributed by atoms with E-state index in [0.717, 1.165) is 0 Å². The summed E-state index contributed by atoms with van der Waals surface area (Å²) >= 11 is 0. The van der Waals surface area contributed by atoms with Gasteiger partial charge in [0.2, 0.25) is 0 Å². The molecule has 0 atom stereocenters. The summed E-state index contributed by atoms with van der Waals surface area (Å²) in [6.07, 6.45) is -2.33. The topological polar surface area (TPSA) is 63.2 Å². The zero-order valence-electron chi connectivity index (χ0n) is 2.93. The summed E-state index contributed by atoms with van der Waals surface area (Å²) in [5.74, 6) is 0. The fraction of sp³-hybridized carbons (Fsp3) is 0. The number of carboxylic acid groups (broad SMARTS) is 2. The van der Waals surface area contributed by atoms with Crippen LogP contribution in [0.3, 0.4) is 0 Å². The minimum absolute atomic E-state index is 0. The first-order chi connectivity index (χ1) is 1.73. The first-order valence-corrected chi connectivity index (χ1v) is 0.612. The van der Waals surface area contributed by atoms with Crippen molar-refractivity contribution in [1.82, 2.24) is 0 Å². The third kappa shape index (κ3) is 61.0. The predicted octanol–water partition coefficient (Wildman–Crippen LogP) is -2.83. The van der Waals surface area contributed by atoms with Crippen molar-refractivity contribution in [2.45, 2.75) is 0 Å². The molecule has 28 valence electrons. The van der Waals surface area contributed by atoms with E-state index in [-0.39, 0.29) is 59.5 Å². The van der Waals surface area contributed by atoms with Gasteiger partial charge in [-0.25, -0.2) is 0 Å². The van der Waals surface area contributed by atoms with E-state index in [9.17, 15) is 0 Å². The maximum absolute atomic E-state index is 8.33. The molecule has 0 heterocycles. The van der Waals surface area contributed by atoms with E-state index < -0.39 is 6.16 Å². The molecule has 0 aliphatic carbocycles. The van der Waals surface area contributed by atoms with E-state index in [1.165, 1.54) is 0 Å². The molecule has 0 aromatic carbocycles. The summed E-state index contributed by atoms with van der Waals surface area (Å²) < 4.78 is 0. The molecule has 0 aliphatic heterocycles. The summed E-state index contributed by atoms with van der Waals surface area (Å²) in [6.45, 7) is 0. The average Bonchev–Trinajstić information content (AvgIpc) is 0.811. The molecule has 0 aromatic rings. The van der Waals surface area contributed by atoms with Gasteiger partial charge in [0.05, 0.1) is 0 Å². The van der Waals surface area contributed by atoms with Gasteiger partial charge in [-0.05, 0) is 6.16 Å². The van der Waals surface area contributed by atoms with E-state index in [4.69, 9.17) is 15.0 Å². The van der Waals surface area contributed by atoms with Gasteiger partial charge in [0.25, 0.3) is 0 Å². The fourth-order valence-electron chi connectivity index (χ4n) is 0. The first kappa shape index (κ1) is 15.7. The van der Waals surface area contributed by atoms with Crippen molar-refractivity contribution in [3.05, 3.63) is 0 Å².